The zero-order valence-electron chi connectivity index (χ0n) is 10.6. The lowest BCUT2D eigenvalue weighted by atomic mass is 9.90. The molecular formula is C13H19NO3. The first kappa shape index (κ1) is 12.2. The highest BCUT2D eigenvalue weighted by Crippen LogP contribution is 2.39. The van der Waals surface area contributed by atoms with E-state index in [9.17, 15) is 0 Å². The van der Waals surface area contributed by atoms with Crippen molar-refractivity contribution in [1.29, 1.82) is 0 Å². The Bertz CT molecular complexity index is 410. The summed E-state index contributed by atoms with van der Waals surface area (Å²) >= 11 is 0. The van der Waals surface area contributed by atoms with Gasteiger partial charge < -0.3 is 19.9 Å². The third-order valence-corrected chi connectivity index (χ3v) is 2.79. The molecule has 0 saturated heterocycles. The summed E-state index contributed by atoms with van der Waals surface area (Å²) in [6.45, 7) is 5.57. The van der Waals surface area contributed by atoms with E-state index >= 15 is 0 Å². The van der Waals surface area contributed by atoms with Gasteiger partial charge in [0, 0.05) is 18.2 Å². The van der Waals surface area contributed by atoms with Crippen LogP contribution in [-0.2, 0) is 16.9 Å². The number of nitrogens with two attached hydrogens (primary N) is 1. The van der Waals surface area contributed by atoms with Gasteiger partial charge in [-0.3, -0.25) is 0 Å². The summed E-state index contributed by atoms with van der Waals surface area (Å²) in [6, 6.07) is 3.90. The maximum atomic E-state index is 6.17. The van der Waals surface area contributed by atoms with Crippen molar-refractivity contribution in [2.45, 2.75) is 26.0 Å². The normalized spacial score (nSPS) is 14.8. The quantitative estimate of drug-likeness (QED) is 0.871. The molecule has 1 aromatic carbocycles. The Kier molecular flexibility index (Phi) is 3.26. The Labute approximate surface area is 102 Å². The predicted molar refractivity (Wildman–Crippen MR) is 65.4 cm³/mol. The van der Waals surface area contributed by atoms with Gasteiger partial charge >= 0.3 is 0 Å². The minimum atomic E-state index is -0.427. The molecule has 0 spiro atoms. The van der Waals surface area contributed by atoms with Gasteiger partial charge in [0.1, 0.15) is 13.2 Å². The Morgan fingerprint density at radius 3 is 2.65 bits per heavy atom. The Morgan fingerprint density at radius 2 is 2.00 bits per heavy atom. The lowest BCUT2D eigenvalue weighted by Crippen LogP contribution is -2.31. The zero-order chi connectivity index (χ0) is 12.5. The van der Waals surface area contributed by atoms with Crippen molar-refractivity contribution >= 4 is 0 Å². The molecule has 2 N–H and O–H groups in total. The van der Waals surface area contributed by atoms with Crippen LogP contribution in [0.3, 0.4) is 0 Å². The van der Waals surface area contributed by atoms with Gasteiger partial charge in [0.05, 0.1) is 6.61 Å². The average Bonchev–Trinajstić information content (AvgIpc) is 2.28. The van der Waals surface area contributed by atoms with Gasteiger partial charge in [0.2, 0.25) is 0 Å². The lowest BCUT2D eigenvalue weighted by molar-refractivity contribution is 0.151. The second kappa shape index (κ2) is 4.55. The zero-order valence-corrected chi connectivity index (χ0v) is 10.6. The fraction of sp³-hybridized carbons (Fsp3) is 0.538. The summed E-state index contributed by atoms with van der Waals surface area (Å²) in [5.74, 6) is 1.55. The highest BCUT2D eigenvalue weighted by molar-refractivity contribution is 5.53. The number of ether oxygens (including phenoxy) is 3. The second-order valence-electron chi connectivity index (χ2n) is 4.77. The fourth-order valence-corrected chi connectivity index (χ4v) is 2.06. The molecule has 0 amide bonds. The largest absolute Gasteiger partial charge is 0.486 e. The smallest absolute Gasteiger partial charge is 0.167 e. The molecule has 0 atom stereocenters. The van der Waals surface area contributed by atoms with Crippen molar-refractivity contribution in [1.82, 2.24) is 0 Å². The van der Waals surface area contributed by atoms with Gasteiger partial charge in [0.15, 0.2) is 11.5 Å². The summed E-state index contributed by atoms with van der Waals surface area (Å²) in [7, 11) is 1.66. The molecule has 0 radical (unpaired) electrons. The van der Waals surface area contributed by atoms with E-state index in [2.05, 4.69) is 0 Å². The SMILES string of the molecule is COCc1c(C(C)(C)N)ccc2c1OCCO2. The Balaban J connectivity index is 2.53. The van der Waals surface area contributed by atoms with E-state index < -0.39 is 5.54 Å². The molecule has 0 bridgehead atoms. The topological polar surface area (TPSA) is 53.7 Å². The first-order valence-corrected chi connectivity index (χ1v) is 5.74. The van der Waals surface area contributed by atoms with Gasteiger partial charge in [0.25, 0.3) is 0 Å². The second-order valence-corrected chi connectivity index (χ2v) is 4.77. The van der Waals surface area contributed by atoms with Gasteiger partial charge in [-0.2, -0.15) is 0 Å². The molecule has 0 fully saturated rings. The van der Waals surface area contributed by atoms with Crippen LogP contribution in [-0.4, -0.2) is 20.3 Å². The summed E-state index contributed by atoms with van der Waals surface area (Å²) in [6.07, 6.45) is 0. The van der Waals surface area contributed by atoms with Crippen LogP contribution in [0.5, 0.6) is 11.5 Å². The number of methoxy groups -OCH3 is 1. The molecule has 1 aliphatic rings. The molecule has 0 aromatic heterocycles. The van der Waals surface area contributed by atoms with Crippen LogP contribution in [0, 0.1) is 0 Å². The molecule has 94 valence electrons. The monoisotopic (exact) mass is 237 g/mol. The molecule has 0 saturated carbocycles. The molecule has 1 heterocycles. The van der Waals surface area contributed by atoms with Crippen molar-refractivity contribution < 1.29 is 14.2 Å². The standard InChI is InChI=1S/C13H19NO3/c1-13(2,14)10-4-5-11-12(9(10)8-15-3)17-7-6-16-11/h4-5H,6-8,14H2,1-3H3. The van der Waals surface area contributed by atoms with E-state index in [-0.39, 0.29) is 0 Å². The molecule has 1 aliphatic heterocycles. The summed E-state index contributed by atoms with van der Waals surface area (Å²) < 4.78 is 16.5. The molecule has 0 unspecified atom stereocenters. The van der Waals surface area contributed by atoms with E-state index in [0.29, 0.717) is 19.8 Å². The van der Waals surface area contributed by atoms with Crippen LogP contribution in [0.25, 0.3) is 0 Å². The summed E-state index contributed by atoms with van der Waals surface area (Å²) in [5.41, 5.74) is 7.76. The van der Waals surface area contributed by atoms with E-state index in [1.54, 1.807) is 7.11 Å². The van der Waals surface area contributed by atoms with Gasteiger partial charge in [-0.15, -0.1) is 0 Å². The lowest BCUT2D eigenvalue weighted by Gasteiger charge is -2.28. The maximum Gasteiger partial charge on any atom is 0.167 e. The number of fused-ring (bicyclic) bond motifs is 1. The third kappa shape index (κ3) is 2.37. The number of hydrogen-bond donors (Lipinski definition) is 1. The van der Waals surface area contributed by atoms with Crippen molar-refractivity contribution in [3.63, 3.8) is 0 Å². The van der Waals surface area contributed by atoms with E-state index in [1.807, 2.05) is 26.0 Å². The third-order valence-electron chi connectivity index (χ3n) is 2.79. The van der Waals surface area contributed by atoms with E-state index in [0.717, 1.165) is 22.6 Å². The Morgan fingerprint density at radius 1 is 1.29 bits per heavy atom. The highest BCUT2D eigenvalue weighted by atomic mass is 16.6. The molecule has 0 aliphatic carbocycles. The summed E-state index contributed by atoms with van der Waals surface area (Å²) in [5, 5.41) is 0. The first-order valence-electron chi connectivity index (χ1n) is 5.74. The maximum absolute atomic E-state index is 6.17. The number of benzene rings is 1. The fourth-order valence-electron chi connectivity index (χ4n) is 2.06. The van der Waals surface area contributed by atoms with E-state index in [4.69, 9.17) is 19.9 Å². The van der Waals surface area contributed by atoms with Crippen molar-refractivity contribution in [2.75, 3.05) is 20.3 Å². The van der Waals surface area contributed by atoms with Crippen molar-refractivity contribution in [3.8, 4) is 11.5 Å². The van der Waals surface area contributed by atoms with Crippen LogP contribution in [0.15, 0.2) is 12.1 Å². The molecule has 4 heteroatoms. The van der Waals surface area contributed by atoms with Crippen LogP contribution >= 0.6 is 0 Å². The van der Waals surface area contributed by atoms with Crippen LogP contribution in [0.1, 0.15) is 25.0 Å². The number of hydrogen-bond acceptors (Lipinski definition) is 4. The first-order chi connectivity index (χ1) is 8.04. The molecular weight excluding hydrogens is 218 g/mol. The molecule has 2 rings (SSSR count). The average molecular weight is 237 g/mol. The number of rotatable bonds is 3. The van der Waals surface area contributed by atoms with Crippen LogP contribution in [0.4, 0.5) is 0 Å². The van der Waals surface area contributed by atoms with Crippen LogP contribution in [0.2, 0.25) is 0 Å². The molecule has 4 nitrogen and oxygen atoms in total. The Hall–Kier alpha value is -1.26. The van der Waals surface area contributed by atoms with Gasteiger partial charge in [-0.05, 0) is 25.5 Å². The van der Waals surface area contributed by atoms with Gasteiger partial charge in [-0.1, -0.05) is 6.07 Å². The molecule has 1 aromatic rings. The van der Waals surface area contributed by atoms with Gasteiger partial charge in [-0.25, -0.2) is 0 Å². The highest BCUT2D eigenvalue weighted by Gasteiger charge is 2.25. The van der Waals surface area contributed by atoms with Crippen LogP contribution < -0.4 is 15.2 Å². The van der Waals surface area contributed by atoms with Crippen molar-refractivity contribution in [2.24, 2.45) is 5.73 Å². The minimum Gasteiger partial charge on any atom is -0.486 e. The predicted octanol–water partition coefficient (Wildman–Crippen LogP) is 1.80. The minimum absolute atomic E-state index is 0.427. The summed E-state index contributed by atoms with van der Waals surface area (Å²) in [4.78, 5) is 0. The molecule has 17 heavy (non-hydrogen) atoms. The van der Waals surface area contributed by atoms with Crippen molar-refractivity contribution in [3.05, 3.63) is 23.3 Å². The van der Waals surface area contributed by atoms with E-state index in [1.165, 1.54) is 0 Å².